The number of anilines is 2. The molecule has 2 aromatic heterocycles. The van der Waals surface area contributed by atoms with Crippen molar-refractivity contribution >= 4 is 11.6 Å². The van der Waals surface area contributed by atoms with Gasteiger partial charge in [0, 0.05) is 30.4 Å². The van der Waals surface area contributed by atoms with Crippen LogP contribution in [0.3, 0.4) is 0 Å². The third-order valence-electron chi connectivity index (χ3n) is 2.98. The van der Waals surface area contributed by atoms with Crippen LogP contribution in [0.1, 0.15) is 29.6 Å². The van der Waals surface area contributed by atoms with Gasteiger partial charge in [-0.3, -0.25) is 4.98 Å². The molecule has 100 valence electrons. The Kier molecular flexibility index (Phi) is 3.94. The minimum Gasteiger partial charge on any atom is -0.383 e. The fourth-order valence-electron chi connectivity index (χ4n) is 1.70. The summed E-state index contributed by atoms with van der Waals surface area (Å²) in [7, 11) is 0. The molecule has 2 heterocycles. The molecule has 3 N–H and O–H groups in total. The molecular weight excluding hydrogens is 238 g/mol. The Morgan fingerprint density at radius 3 is 2.63 bits per heavy atom. The fourth-order valence-corrected chi connectivity index (χ4v) is 1.70. The van der Waals surface area contributed by atoms with Crippen molar-refractivity contribution in [3.8, 4) is 0 Å². The zero-order valence-electron chi connectivity index (χ0n) is 11.6. The van der Waals surface area contributed by atoms with E-state index >= 15 is 0 Å². The van der Waals surface area contributed by atoms with Crippen molar-refractivity contribution in [1.29, 1.82) is 0 Å². The van der Waals surface area contributed by atoms with E-state index in [9.17, 15) is 0 Å². The van der Waals surface area contributed by atoms with Crippen LogP contribution in [-0.4, -0.2) is 15.0 Å². The SMILES string of the molecule is CCc1nc(N)c(C)c(NCc2ccc(C)nc2)n1. The molecule has 0 aliphatic heterocycles. The highest BCUT2D eigenvalue weighted by molar-refractivity contribution is 5.54. The molecule has 2 aromatic rings. The normalized spacial score (nSPS) is 10.5. The first-order chi connectivity index (χ1) is 9.10. The lowest BCUT2D eigenvalue weighted by atomic mass is 10.2. The molecule has 19 heavy (non-hydrogen) atoms. The van der Waals surface area contributed by atoms with E-state index in [1.54, 1.807) is 0 Å². The molecule has 0 saturated carbocycles. The molecule has 0 spiro atoms. The number of aryl methyl sites for hydroxylation is 2. The molecule has 0 unspecified atom stereocenters. The van der Waals surface area contributed by atoms with Gasteiger partial charge in [-0.05, 0) is 25.5 Å². The minimum absolute atomic E-state index is 0.538. The first-order valence-corrected chi connectivity index (χ1v) is 6.38. The van der Waals surface area contributed by atoms with Crippen molar-refractivity contribution in [2.24, 2.45) is 0 Å². The third kappa shape index (κ3) is 3.19. The summed E-state index contributed by atoms with van der Waals surface area (Å²) in [6.45, 7) is 6.58. The average Bonchev–Trinajstić information content (AvgIpc) is 2.42. The lowest BCUT2D eigenvalue weighted by Gasteiger charge is -2.11. The van der Waals surface area contributed by atoms with Crippen LogP contribution in [0.25, 0.3) is 0 Å². The summed E-state index contributed by atoms with van der Waals surface area (Å²) in [5, 5.41) is 3.29. The van der Waals surface area contributed by atoms with Crippen LogP contribution in [0.15, 0.2) is 18.3 Å². The second kappa shape index (κ2) is 5.65. The second-order valence-electron chi connectivity index (χ2n) is 4.51. The van der Waals surface area contributed by atoms with Crippen LogP contribution < -0.4 is 11.1 Å². The quantitative estimate of drug-likeness (QED) is 0.878. The molecule has 0 fully saturated rings. The Hall–Kier alpha value is -2.17. The van der Waals surface area contributed by atoms with E-state index in [0.29, 0.717) is 12.4 Å². The number of hydrogen-bond donors (Lipinski definition) is 2. The van der Waals surface area contributed by atoms with Crippen molar-refractivity contribution < 1.29 is 0 Å². The van der Waals surface area contributed by atoms with Crippen LogP contribution in [0.5, 0.6) is 0 Å². The predicted molar refractivity (Wildman–Crippen MR) is 76.9 cm³/mol. The largest absolute Gasteiger partial charge is 0.383 e. The summed E-state index contributed by atoms with van der Waals surface area (Å²) in [5.74, 6) is 2.09. The number of rotatable bonds is 4. The number of nitrogens with two attached hydrogens (primary N) is 1. The van der Waals surface area contributed by atoms with E-state index in [4.69, 9.17) is 5.73 Å². The Balaban J connectivity index is 2.14. The van der Waals surface area contributed by atoms with Crippen molar-refractivity contribution in [1.82, 2.24) is 15.0 Å². The highest BCUT2D eigenvalue weighted by Crippen LogP contribution is 2.18. The van der Waals surface area contributed by atoms with Gasteiger partial charge in [0.1, 0.15) is 17.5 Å². The molecule has 0 radical (unpaired) electrons. The van der Waals surface area contributed by atoms with E-state index in [2.05, 4.69) is 26.3 Å². The van der Waals surface area contributed by atoms with Crippen molar-refractivity contribution in [2.45, 2.75) is 33.7 Å². The van der Waals surface area contributed by atoms with E-state index in [1.807, 2.05) is 33.0 Å². The smallest absolute Gasteiger partial charge is 0.135 e. The van der Waals surface area contributed by atoms with E-state index in [0.717, 1.165) is 34.9 Å². The lowest BCUT2D eigenvalue weighted by Crippen LogP contribution is -2.09. The number of nitrogens with one attached hydrogen (secondary N) is 1. The minimum atomic E-state index is 0.538. The maximum Gasteiger partial charge on any atom is 0.135 e. The Morgan fingerprint density at radius 2 is 2.00 bits per heavy atom. The molecule has 0 aliphatic rings. The highest BCUT2D eigenvalue weighted by atomic mass is 15.1. The third-order valence-corrected chi connectivity index (χ3v) is 2.98. The van der Waals surface area contributed by atoms with Gasteiger partial charge < -0.3 is 11.1 Å². The topological polar surface area (TPSA) is 76.7 Å². The van der Waals surface area contributed by atoms with Crippen molar-refractivity contribution in [3.63, 3.8) is 0 Å². The maximum atomic E-state index is 5.88. The van der Waals surface area contributed by atoms with Crippen molar-refractivity contribution in [2.75, 3.05) is 11.1 Å². The van der Waals surface area contributed by atoms with E-state index in [-0.39, 0.29) is 0 Å². The molecule has 0 aliphatic carbocycles. The van der Waals surface area contributed by atoms with Gasteiger partial charge in [-0.25, -0.2) is 9.97 Å². The Morgan fingerprint density at radius 1 is 1.21 bits per heavy atom. The van der Waals surface area contributed by atoms with Crippen LogP contribution in [0.2, 0.25) is 0 Å². The highest BCUT2D eigenvalue weighted by Gasteiger charge is 2.07. The Bertz CT molecular complexity index is 563. The van der Waals surface area contributed by atoms with Gasteiger partial charge in [-0.2, -0.15) is 0 Å². The number of hydrogen-bond acceptors (Lipinski definition) is 5. The van der Waals surface area contributed by atoms with Crippen LogP contribution in [0.4, 0.5) is 11.6 Å². The molecular formula is C14H19N5. The Labute approximate surface area is 113 Å². The number of pyridine rings is 1. The number of nitrogens with zero attached hydrogens (tertiary/aromatic N) is 3. The standard InChI is InChI=1S/C14H19N5/c1-4-12-18-13(15)10(3)14(19-12)17-8-11-6-5-9(2)16-7-11/h5-7H,4,8H2,1-3H3,(H3,15,17,18,19). The zero-order valence-corrected chi connectivity index (χ0v) is 11.6. The summed E-state index contributed by atoms with van der Waals surface area (Å²) in [4.78, 5) is 13.0. The van der Waals surface area contributed by atoms with Gasteiger partial charge >= 0.3 is 0 Å². The molecule has 0 aromatic carbocycles. The van der Waals surface area contributed by atoms with Gasteiger partial charge in [-0.15, -0.1) is 0 Å². The summed E-state index contributed by atoms with van der Waals surface area (Å²) < 4.78 is 0. The van der Waals surface area contributed by atoms with Crippen molar-refractivity contribution in [3.05, 3.63) is 41.0 Å². The average molecular weight is 257 g/mol. The summed E-state index contributed by atoms with van der Waals surface area (Å²) >= 11 is 0. The first-order valence-electron chi connectivity index (χ1n) is 6.38. The molecule has 2 rings (SSSR count). The molecule has 0 bridgehead atoms. The number of nitrogen functional groups attached to an aromatic ring is 1. The summed E-state index contributed by atoms with van der Waals surface area (Å²) in [6.07, 6.45) is 2.63. The van der Waals surface area contributed by atoms with Gasteiger partial charge in [0.2, 0.25) is 0 Å². The molecule has 0 atom stereocenters. The van der Waals surface area contributed by atoms with E-state index < -0.39 is 0 Å². The van der Waals surface area contributed by atoms with Gasteiger partial charge in [-0.1, -0.05) is 13.0 Å². The monoisotopic (exact) mass is 257 g/mol. The van der Waals surface area contributed by atoms with Crippen LogP contribution in [-0.2, 0) is 13.0 Å². The van der Waals surface area contributed by atoms with Gasteiger partial charge in [0.15, 0.2) is 0 Å². The predicted octanol–water partition coefficient (Wildman–Crippen LogP) is 2.25. The van der Waals surface area contributed by atoms with Crippen LogP contribution in [0, 0.1) is 13.8 Å². The lowest BCUT2D eigenvalue weighted by molar-refractivity contribution is 0.927. The zero-order chi connectivity index (χ0) is 13.8. The molecule has 5 nitrogen and oxygen atoms in total. The molecule has 0 saturated heterocycles. The fraction of sp³-hybridized carbons (Fsp3) is 0.357. The second-order valence-corrected chi connectivity index (χ2v) is 4.51. The molecule has 5 heteroatoms. The first kappa shape index (κ1) is 13.3. The molecule has 0 amide bonds. The van der Waals surface area contributed by atoms with E-state index in [1.165, 1.54) is 0 Å². The van der Waals surface area contributed by atoms with Crippen LogP contribution >= 0.6 is 0 Å². The maximum absolute atomic E-state index is 5.88. The summed E-state index contributed by atoms with van der Waals surface area (Å²) in [6, 6.07) is 4.05. The van der Waals surface area contributed by atoms with Gasteiger partial charge in [0.25, 0.3) is 0 Å². The number of aromatic nitrogens is 3. The summed E-state index contributed by atoms with van der Waals surface area (Å²) in [5.41, 5.74) is 8.89. The van der Waals surface area contributed by atoms with Gasteiger partial charge in [0.05, 0.1) is 0 Å².